The average Bonchev–Trinajstić information content (AvgIpc) is 2.88. The number of methoxy groups -OCH3 is 1. The number of pyridine rings is 1. The van der Waals surface area contributed by atoms with E-state index >= 15 is 0 Å². The lowest BCUT2D eigenvalue weighted by atomic mass is 9.79. The lowest BCUT2D eigenvalue weighted by molar-refractivity contribution is -0.137. The molecule has 7 nitrogen and oxygen atoms in total. The molecule has 0 bridgehead atoms. The number of fused-ring (bicyclic) bond motifs is 1. The molecule has 0 aliphatic carbocycles. The quantitative estimate of drug-likeness (QED) is 0.402. The van der Waals surface area contributed by atoms with Crippen LogP contribution in [0.15, 0.2) is 48.8 Å². The van der Waals surface area contributed by atoms with Crippen LogP contribution in [-0.2, 0) is 17.6 Å². The fraction of sp³-hybridized carbons (Fsp3) is 0.500. The van der Waals surface area contributed by atoms with E-state index in [1.165, 1.54) is 5.56 Å². The number of carbonyl (C=O) groups is 1. The molecule has 4 rings (SSSR count). The van der Waals surface area contributed by atoms with Crippen molar-refractivity contribution >= 4 is 16.9 Å². The minimum atomic E-state index is -0.694. The molecule has 1 fully saturated rings. The van der Waals surface area contributed by atoms with Crippen molar-refractivity contribution in [1.82, 2.24) is 20.1 Å². The lowest BCUT2D eigenvalue weighted by Gasteiger charge is -2.39. The highest BCUT2D eigenvalue weighted by molar-refractivity contribution is 5.83. The smallest absolute Gasteiger partial charge is 0.303 e. The van der Waals surface area contributed by atoms with Gasteiger partial charge in [-0.2, -0.15) is 10.2 Å². The van der Waals surface area contributed by atoms with Crippen LogP contribution in [0.25, 0.3) is 10.9 Å². The van der Waals surface area contributed by atoms with Crippen LogP contribution in [0.1, 0.15) is 49.8 Å². The molecule has 1 N–H and O–H groups in total. The van der Waals surface area contributed by atoms with E-state index in [1.54, 1.807) is 13.3 Å². The van der Waals surface area contributed by atoms with Crippen LogP contribution in [0, 0.1) is 11.8 Å². The van der Waals surface area contributed by atoms with Gasteiger partial charge in [0.05, 0.1) is 18.3 Å². The fourth-order valence-electron chi connectivity index (χ4n) is 5.41. The summed E-state index contributed by atoms with van der Waals surface area (Å²) >= 11 is 0. The van der Waals surface area contributed by atoms with Gasteiger partial charge in [0.25, 0.3) is 0 Å². The zero-order valence-electron chi connectivity index (χ0n) is 20.6. The minimum absolute atomic E-state index is 0.253. The second-order valence-corrected chi connectivity index (χ2v) is 9.61. The molecule has 1 aliphatic rings. The summed E-state index contributed by atoms with van der Waals surface area (Å²) in [4.78, 5) is 18.3. The Morgan fingerprint density at radius 2 is 2.03 bits per heavy atom. The molecule has 0 spiro atoms. The summed E-state index contributed by atoms with van der Waals surface area (Å²) in [5.41, 5.74) is 3.33. The topological polar surface area (TPSA) is 88.4 Å². The second kappa shape index (κ2) is 12.6. The van der Waals surface area contributed by atoms with E-state index in [0.717, 1.165) is 86.9 Å². The van der Waals surface area contributed by atoms with Crippen molar-refractivity contribution in [2.75, 3.05) is 26.7 Å². The monoisotopic (exact) mass is 476 g/mol. The molecular formula is C28H36N4O3. The highest BCUT2D eigenvalue weighted by Crippen LogP contribution is 2.32. The Bertz CT molecular complexity index is 1090. The fourth-order valence-corrected chi connectivity index (χ4v) is 5.41. The van der Waals surface area contributed by atoms with Crippen molar-refractivity contribution < 1.29 is 14.6 Å². The number of rotatable bonds is 12. The number of aliphatic carboxylic acids is 1. The summed E-state index contributed by atoms with van der Waals surface area (Å²) in [5.74, 6) is 1.17. The van der Waals surface area contributed by atoms with E-state index in [-0.39, 0.29) is 6.42 Å². The Balaban J connectivity index is 1.31. The van der Waals surface area contributed by atoms with Gasteiger partial charge in [-0.3, -0.25) is 9.78 Å². The SMILES string of the molecule is COc1ccc2nccc(CCC[C@@H]3CCN(CCCc4cccnn4)C[C@@H]3CCC(=O)O)c2c1. The van der Waals surface area contributed by atoms with Gasteiger partial charge in [-0.15, -0.1) is 0 Å². The maximum atomic E-state index is 11.3. The Labute approximate surface area is 207 Å². The molecular weight excluding hydrogens is 440 g/mol. The van der Waals surface area contributed by atoms with Gasteiger partial charge in [0.2, 0.25) is 0 Å². The van der Waals surface area contributed by atoms with E-state index in [4.69, 9.17) is 4.74 Å². The first-order valence-corrected chi connectivity index (χ1v) is 12.7. The van der Waals surface area contributed by atoms with Gasteiger partial charge < -0.3 is 14.7 Å². The number of nitrogens with zero attached hydrogens (tertiary/aromatic N) is 4. The van der Waals surface area contributed by atoms with E-state index in [1.807, 2.05) is 30.5 Å². The van der Waals surface area contributed by atoms with Crippen LogP contribution in [0.4, 0.5) is 0 Å². The average molecular weight is 477 g/mol. The molecule has 0 amide bonds. The zero-order chi connectivity index (χ0) is 24.5. The lowest BCUT2D eigenvalue weighted by Crippen LogP contribution is -2.41. The molecule has 0 radical (unpaired) electrons. The Hall–Kier alpha value is -3.06. The van der Waals surface area contributed by atoms with E-state index < -0.39 is 5.97 Å². The van der Waals surface area contributed by atoms with Crippen LogP contribution in [0.5, 0.6) is 5.75 Å². The number of benzene rings is 1. The van der Waals surface area contributed by atoms with Gasteiger partial charge in [0, 0.05) is 30.7 Å². The van der Waals surface area contributed by atoms with Crippen LogP contribution >= 0.6 is 0 Å². The number of piperidine rings is 1. The van der Waals surface area contributed by atoms with Crippen molar-refractivity contribution in [3.63, 3.8) is 0 Å². The number of aromatic nitrogens is 3. The van der Waals surface area contributed by atoms with Gasteiger partial charge in [0.15, 0.2) is 0 Å². The summed E-state index contributed by atoms with van der Waals surface area (Å²) < 4.78 is 5.41. The standard InChI is InChI=1S/C28H36N4O3/c1-35-25-10-11-27-26(19-25)22(13-16-29-27)6-2-5-21-14-18-32(20-23(21)9-12-28(33)34)17-4-8-24-7-3-15-30-31-24/h3,7,10-11,13,15-16,19,21,23H,2,4-6,8-9,12,14,17-18,20H2,1H3,(H,33,34)/t21-,23+/m1/s1. The molecule has 0 saturated carbocycles. The van der Waals surface area contributed by atoms with Gasteiger partial charge >= 0.3 is 5.97 Å². The Morgan fingerprint density at radius 1 is 1.11 bits per heavy atom. The van der Waals surface area contributed by atoms with Gasteiger partial charge in [-0.05, 0) is 112 Å². The van der Waals surface area contributed by atoms with Crippen LogP contribution in [-0.4, -0.2) is 57.9 Å². The van der Waals surface area contributed by atoms with Crippen molar-refractivity contribution in [3.8, 4) is 5.75 Å². The first-order valence-electron chi connectivity index (χ1n) is 12.7. The van der Waals surface area contributed by atoms with Crippen LogP contribution in [0.3, 0.4) is 0 Å². The number of aryl methyl sites for hydroxylation is 2. The van der Waals surface area contributed by atoms with Gasteiger partial charge in [0.1, 0.15) is 5.75 Å². The maximum absolute atomic E-state index is 11.3. The molecule has 1 aromatic carbocycles. The summed E-state index contributed by atoms with van der Waals surface area (Å²) in [6.45, 7) is 3.11. The van der Waals surface area contributed by atoms with Crippen molar-refractivity contribution in [2.24, 2.45) is 11.8 Å². The third kappa shape index (κ3) is 7.21. The molecule has 0 unspecified atom stereocenters. The molecule has 3 aromatic rings. The van der Waals surface area contributed by atoms with Crippen LogP contribution in [0.2, 0.25) is 0 Å². The van der Waals surface area contributed by atoms with Crippen molar-refractivity contribution in [3.05, 3.63) is 60.0 Å². The number of carboxylic acids is 1. The molecule has 1 saturated heterocycles. The molecule has 2 aromatic heterocycles. The summed E-state index contributed by atoms with van der Waals surface area (Å²) in [5, 5.41) is 18.6. The summed E-state index contributed by atoms with van der Waals surface area (Å²) in [6, 6.07) is 12.1. The number of hydrogen-bond donors (Lipinski definition) is 1. The summed E-state index contributed by atoms with van der Waals surface area (Å²) in [7, 11) is 1.69. The number of likely N-dealkylation sites (tertiary alicyclic amines) is 1. The van der Waals surface area contributed by atoms with Gasteiger partial charge in [-0.25, -0.2) is 0 Å². The predicted molar refractivity (Wildman–Crippen MR) is 136 cm³/mol. The zero-order valence-corrected chi connectivity index (χ0v) is 20.6. The van der Waals surface area contributed by atoms with E-state index in [2.05, 4.69) is 32.2 Å². The Kier molecular flexibility index (Phi) is 9.01. The molecule has 2 atom stereocenters. The first kappa shape index (κ1) is 25.0. The number of carboxylic acid groups (broad SMARTS) is 1. The summed E-state index contributed by atoms with van der Waals surface area (Å²) in [6.07, 6.45) is 10.9. The van der Waals surface area contributed by atoms with E-state index in [9.17, 15) is 9.90 Å². The number of ether oxygens (including phenoxy) is 1. The largest absolute Gasteiger partial charge is 0.497 e. The molecule has 35 heavy (non-hydrogen) atoms. The predicted octanol–water partition coefficient (Wildman–Crippen LogP) is 4.79. The first-order chi connectivity index (χ1) is 17.1. The van der Waals surface area contributed by atoms with Crippen LogP contribution < -0.4 is 4.74 Å². The second-order valence-electron chi connectivity index (χ2n) is 9.61. The third-order valence-corrected chi connectivity index (χ3v) is 7.30. The highest BCUT2D eigenvalue weighted by atomic mass is 16.5. The molecule has 3 heterocycles. The molecule has 186 valence electrons. The molecule has 1 aliphatic heterocycles. The van der Waals surface area contributed by atoms with E-state index in [0.29, 0.717) is 11.8 Å². The molecule has 7 heteroatoms. The maximum Gasteiger partial charge on any atom is 0.303 e. The normalized spacial score (nSPS) is 18.5. The van der Waals surface area contributed by atoms with Crippen molar-refractivity contribution in [2.45, 2.75) is 51.4 Å². The highest BCUT2D eigenvalue weighted by Gasteiger charge is 2.29. The third-order valence-electron chi connectivity index (χ3n) is 7.30. The minimum Gasteiger partial charge on any atom is -0.497 e. The Morgan fingerprint density at radius 3 is 2.83 bits per heavy atom. The van der Waals surface area contributed by atoms with Crippen molar-refractivity contribution in [1.29, 1.82) is 0 Å². The van der Waals surface area contributed by atoms with Gasteiger partial charge in [-0.1, -0.05) is 0 Å². The number of hydrogen-bond acceptors (Lipinski definition) is 6.